The fraction of sp³-hybridized carbons (Fsp3) is 0.462. The van der Waals surface area contributed by atoms with E-state index in [4.69, 9.17) is 0 Å². The molecule has 0 spiro atoms. The van der Waals surface area contributed by atoms with Crippen molar-refractivity contribution in [2.75, 3.05) is 5.43 Å². The molecule has 0 heterocycles. The zero-order valence-corrected chi connectivity index (χ0v) is 9.66. The summed E-state index contributed by atoms with van der Waals surface area (Å²) in [6, 6.07) is 10.0. The van der Waals surface area contributed by atoms with Gasteiger partial charge in [0.1, 0.15) is 0 Å². The van der Waals surface area contributed by atoms with Gasteiger partial charge in [0.25, 0.3) is 0 Å². The molecule has 1 aromatic carbocycles. The van der Waals surface area contributed by atoms with Gasteiger partial charge in [0, 0.05) is 5.71 Å². The van der Waals surface area contributed by atoms with E-state index >= 15 is 0 Å². The molecule has 0 saturated heterocycles. The number of hydrogen-bond donors (Lipinski definition) is 1. The number of benzene rings is 1. The van der Waals surface area contributed by atoms with Crippen molar-refractivity contribution < 1.29 is 0 Å². The van der Waals surface area contributed by atoms with Crippen LogP contribution in [-0.2, 0) is 0 Å². The van der Waals surface area contributed by atoms with Crippen LogP contribution in [0.2, 0.25) is 0 Å². The molecule has 0 aliphatic heterocycles. The Morgan fingerprint density at radius 2 is 1.93 bits per heavy atom. The van der Waals surface area contributed by atoms with Gasteiger partial charge in [0.2, 0.25) is 0 Å². The minimum atomic E-state index is 1.05. The smallest absolute Gasteiger partial charge is 0.0561 e. The Morgan fingerprint density at radius 1 is 1.20 bits per heavy atom. The van der Waals surface area contributed by atoms with Gasteiger partial charge in [-0.1, -0.05) is 38.0 Å². The number of nitrogens with one attached hydrogen (secondary N) is 1. The quantitative estimate of drug-likeness (QED) is 0.422. The largest absolute Gasteiger partial charge is 0.279 e. The maximum Gasteiger partial charge on any atom is 0.0561 e. The Labute approximate surface area is 92.4 Å². The molecule has 0 amide bonds. The van der Waals surface area contributed by atoms with Crippen LogP contribution in [0.1, 0.15) is 39.5 Å². The van der Waals surface area contributed by atoms with Crippen molar-refractivity contribution in [1.29, 1.82) is 0 Å². The van der Waals surface area contributed by atoms with Crippen LogP contribution < -0.4 is 5.43 Å². The van der Waals surface area contributed by atoms with Crippen molar-refractivity contribution >= 4 is 11.4 Å². The van der Waals surface area contributed by atoms with Crippen molar-refractivity contribution in [3.8, 4) is 0 Å². The lowest BCUT2D eigenvalue weighted by atomic mass is 10.1. The molecule has 15 heavy (non-hydrogen) atoms. The highest BCUT2D eigenvalue weighted by Gasteiger charge is 1.92. The van der Waals surface area contributed by atoms with Crippen molar-refractivity contribution in [1.82, 2.24) is 0 Å². The number of hydrogen-bond acceptors (Lipinski definition) is 2. The summed E-state index contributed by atoms with van der Waals surface area (Å²) in [6.07, 6.45) is 4.88. The highest BCUT2D eigenvalue weighted by Crippen LogP contribution is 2.06. The first kappa shape index (κ1) is 11.8. The predicted octanol–water partition coefficient (Wildman–Crippen LogP) is 4.05. The molecule has 1 rings (SSSR count). The summed E-state index contributed by atoms with van der Waals surface area (Å²) < 4.78 is 0. The van der Waals surface area contributed by atoms with Gasteiger partial charge < -0.3 is 0 Å². The molecular formula is C13H20N2. The Morgan fingerprint density at radius 3 is 2.60 bits per heavy atom. The van der Waals surface area contributed by atoms with Crippen LogP contribution in [0, 0.1) is 0 Å². The van der Waals surface area contributed by atoms with E-state index in [1.807, 2.05) is 30.3 Å². The van der Waals surface area contributed by atoms with E-state index in [-0.39, 0.29) is 0 Å². The zero-order valence-electron chi connectivity index (χ0n) is 9.66. The molecule has 0 fully saturated rings. The van der Waals surface area contributed by atoms with Gasteiger partial charge in [-0.2, -0.15) is 5.10 Å². The maximum absolute atomic E-state index is 4.33. The first-order valence-electron chi connectivity index (χ1n) is 5.67. The molecule has 2 heteroatoms. The molecule has 82 valence electrons. The molecule has 0 atom stereocenters. The summed E-state index contributed by atoms with van der Waals surface area (Å²) in [5.41, 5.74) is 5.28. The van der Waals surface area contributed by atoms with E-state index < -0.39 is 0 Å². The van der Waals surface area contributed by atoms with Gasteiger partial charge in [-0.05, 0) is 31.9 Å². The van der Waals surface area contributed by atoms with E-state index in [1.54, 1.807) is 0 Å². The SMILES string of the molecule is CCCCC/C(C)=N\Nc1ccccc1. The second kappa shape index (κ2) is 7.04. The number of para-hydroxylation sites is 1. The van der Waals surface area contributed by atoms with Gasteiger partial charge >= 0.3 is 0 Å². The molecule has 1 N–H and O–H groups in total. The molecule has 2 nitrogen and oxygen atoms in total. The summed E-state index contributed by atoms with van der Waals surface area (Å²) in [5.74, 6) is 0. The first-order valence-corrected chi connectivity index (χ1v) is 5.67. The van der Waals surface area contributed by atoms with Crippen LogP contribution in [0.5, 0.6) is 0 Å². The van der Waals surface area contributed by atoms with Gasteiger partial charge in [-0.25, -0.2) is 0 Å². The number of unbranched alkanes of at least 4 members (excludes halogenated alkanes) is 2. The van der Waals surface area contributed by atoms with Crippen LogP contribution in [-0.4, -0.2) is 5.71 Å². The average Bonchev–Trinajstić information content (AvgIpc) is 2.28. The Hall–Kier alpha value is -1.31. The van der Waals surface area contributed by atoms with Crippen LogP contribution in [0.3, 0.4) is 0 Å². The second-order valence-electron chi connectivity index (χ2n) is 3.78. The average molecular weight is 204 g/mol. The van der Waals surface area contributed by atoms with Gasteiger partial charge in [0.15, 0.2) is 0 Å². The van der Waals surface area contributed by atoms with Crippen LogP contribution in [0.4, 0.5) is 5.69 Å². The van der Waals surface area contributed by atoms with Gasteiger partial charge in [-0.15, -0.1) is 0 Å². The summed E-state index contributed by atoms with van der Waals surface area (Å²) in [5, 5.41) is 4.33. The lowest BCUT2D eigenvalue weighted by molar-refractivity contribution is 0.740. The summed E-state index contributed by atoms with van der Waals surface area (Å²) in [4.78, 5) is 0. The van der Waals surface area contributed by atoms with E-state index in [0.29, 0.717) is 0 Å². The molecule has 0 radical (unpaired) electrons. The molecule has 0 aromatic heterocycles. The van der Waals surface area contributed by atoms with Crippen molar-refractivity contribution in [2.24, 2.45) is 5.10 Å². The van der Waals surface area contributed by atoms with Crippen molar-refractivity contribution in [3.63, 3.8) is 0 Å². The lowest BCUT2D eigenvalue weighted by Crippen LogP contribution is -1.97. The van der Waals surface area contributed by atoms with Crippen molar-refractivity contribution in [2.45, 2.75) is 39.5 Å². The third-order valence-corrected chi connectivity index (χ3v) is 2.29. The summed E-state index contributed by atoms with van der Waals surface area (Å²) in [6.45, 7) is 4.29. The normalized spacial score (nSPS) is 11.5. The third kappa shape index (κ3) is 5.21. The first-order chi connectivity index (χ1) is 7.33. The molecule has 0 aliphatic carbocycles. The topological polar surface area (TPSA) is 24.4 Å². The minimum Gasteiger partial charge on any atom is -0.279 e. The number of nitrogens with zero attached hydrogens (tertiary/aromatic N) is 1. The molecule has 0 aliphatic rings. The minimum absolute atomic E-state index is 1.05. The van der Waals surface area contributed by atoms with E-state index in [9.17, 15) is 0 Å². The molecule has 0 bridgehead atoms. The van der Waals surface area contributed by atoms with Crippen LogP contribution in [0.25, 0.3) is 0 Å². The fourth-order valence-electron chi connectivity index (χ4n) is 1.36. The van der Waals surface area contributed by atoms with E-state index in [2.05, 4.69) is 24.4 Å². The summed E-state index contributed by atoms with van der Waals surface area (Å²) in [7, 11) is 0. The molecular weight excluding hydrogens is 184 g/mol. The maximum atomic E-state index is 4.33. The predicted molar refractivity (Wildman–Crippen MR) is 67.3 cm³/mol. The van der Waals surface area contributed by atoms with Crippen LogP contribution >= 0.6 is 0 Å². The Balaban J connectivity index is 2.31. The Kier molecular flexibility index (Phi) is 5.52. The zero-order chi connectivity index (χ0) is 10.9. The molecule has 0 unspecified atom stereocenters. The second-order valence-corrected chi connectivity index (χ2v) is 3.78. The number of rotatable bonds is 6. The highest BCUT2D eigenvalue weighted by molar-refractivity contribution is 5.82. The third-order valence-electron chi connectivity index (χ3n) is 2.29. The van der Waals surface area contributed by atoms with Gasteiger partial charge in [-0.3, -0.25) is 5.43 Å². The standard InChI is InChI=1S/C13H20N2/c1-3-4-6-9-12(2)14-15-13-10-7-5-8-11-13/h5,7-8,10-11,15H,3-4,6,9H2,1-2H3/b14-12-. The van der Waals surface area contributed by atoms with Crippen LogP contribution in [0.15, 0.2) is 35.4 Å². The number of anilines is 1. The lowest BCUT2D eigenvalue weighted by Gasteiger charge is -2.02. The van der Waals surface area contributed by atoms with Gasteiger partial charge in [0.05, 0.1) is 5.69 Å². The van der Waals surface area contributed by atoms with Crippen molar-refractivity contribution in [3.05, 3.63) is 30.3 Å². The molecule has 0 saturated carbocycles. The fourth-order valence-corrected chi connectivity index (χ4v) is 1.36. The molecule has 1 aromatic rings. The number of hydrazone groups is 1. The van der Waals surface area contributed by atoms with E-state index in [0.717, 1.165) is 12.1 Å². The Bertz CT molecular complexity index is 291. The van der Waals surface area contributed by atoms with E-state index in [1.165, 1.54) is 25.0 Å². The summed E-state index contributed by atoms with van der Waals surface area (Å²) >= 11 is 0. The highest BCUT2D eigenvalue weighted by atomic mass is 15.3. The monoisotopic (exact) mass is 204 g/mol.